The highest BCUT2D eigenvalue weighted by molar-refractivity contribution is 5.47. The van der Waals surface area contributed by atoms with Gasteiger partial charge in [-0.1, -0.05) is 12.1 Å². The minimum absolute atomic E-state index is 0.479. The third-order valence-electron chi connectivity index (χ3n) is 3.99. The Labute approximate surface area is 142 Å². The van der Waals surface area contributed by atoms with E-state index in [4.69, 9.17) is 30.4 Å². The van der Waals surface area contributed by atoms with Crippen LogP contribution in [0, 0.1) is 0 Å². The summed E-state index contributed by atoms with van der Waals surface area (Å²) in [5.41, 5.74) is 14.4. The molecule has 130 valence electrons. The standard InChI is InChI=1S/C18H24N2O4/c1-21-11-5-7-13(15(9-11)23-3)17(19)18(20)14-8-6-12(22-2)10-16(14)24-4/h5-10,17-18H,19-20H2,1-4H3. The molecule has 2 aromatic rings. The monoisotopic (exact) mass is 332 g/mol. The molecule has 0 aromatic heterocycles. The van der Waals surface area contributed by atoms with Crippen molar-refractivity contribution in [1.82, 2.24) is 0 Å². The molecular formula is C18H24N2O4. The van der Waals surface area contributed by atoms with E-state index in [1.165, 1.54) is 0 Å². The molecule has 0 saturated heterocycles. The molecule has 0 radical (unpaired) electrons. The van der Waals surface area contributed by atoms with Crippen LogP contribution in [0.15, 0.2) is 36.4 Å². The van der Waals surface area contributed by atoms with E-state index in [1.54, 1.807) is 40.6 Å². The molecule has 2 aromatic carbocycles. The zero-order chi connectivity index (χ0) is 17.7. The summed E-state index contributed by atoms with van der Waals surface area (Å²) in [5.74, 6) is 2.64. The van der Waals surface area contributed by atoms with Gasteiger partial charge >= 0.3 is 0 Å². The van der Waals surface area contributed by atoms with Gasteiger partial charge in [-0.05, 0) is 12.1 Å². The van der Waals surface area contributed by atoms with Crippen LogP contribution in [0.3, 0.4) is 0 Å². The lowest BCUT2D eigenvalue weighted by atomic mass is 9.93. The minimum atomic E-state index is -0.479. The molecule has 4 N–H and O–H groups in total. The predicted octanol–water partition coefficient (Wildman–Crippen LogP) is 2.42. The van der Waals surface area contributed by atoms with Gasteiger partial charge in [0.1, 0.15) is 23.0 Å². The van der Waals surface area contributed by atoms with Crippen LogP contribution in [0.4, 0.5) is 0 Å². The van der Waals surface area contributed by atoms with Gasteiger partial charge in [-0.2, -0.15) is 0 Å². The van der Waals surface area contributed by atoms with Crippen molar-refractivity contribution in [3.8, 4) is 23.0 Å². The van der Waals surface area contributed by atoms with Crippen molar-refractivity contribution in [3.05, 3.63) is 47.5 Å². The topological polar surface area (TPSA) is 89.0 Å². The molecule has 24 heavy (non-hydrogen) atoms. The first-order valence-corrected chi connectivity index (χ1v) is 7.50. The van der Waals surface area contributed by atoms with Crippen LogP contribution in [0.25, 0.3) is 0 Å². The molecule has 0 bridgehead atoms. The maximum Gasteiger partial charge on any atom is 0.127 e. The number of hydrogen-bond acceptors (Lipinski definition) is 6. The van der Waals surface area contributed by atoms with Crippen LogP contribution in [0.2, 0.25) is 0 Å². The summed E-state index contributed by atoms with van der Waals surface area (Å²) in [6.07, 6.45) is 0. The molecule has 0 aliphatic carbocycles. The Morgan fingerprint density at radius 2 is 1.00 bits per heavy atom. The van der Waals surface area contributed by atoms with E-state index in [0.717, 1.165) is 11.1 Å². The van der Waals surface area contributed by atoms with E-state index in [-0.39, 0.29) is 0 Å². The van der Waals surface area contributed by atoms with Gasteiger partial charge in [0.05, 0.1) is 40.5 Å². The lowest BCUT2D eigenvalue weighted by Crippen LogP contribution is -2.27. The predicted molar refractivity (Wildman–Crippen MR) is 92.9 cm³/mol. The zero-order valence-corrected chi connectivity index (χ0v) is 14.4. The van der Waals surface area contributed by atoms with Crippen LogP contribution in [-0.4, -0.2) is 28.4 Å². The maximum atomic E-state index is 6.40. The Kier molecular flexibility index (Phi) is 5.89. The zero-order valence-electron chi connectivity index (χ0n) is 14.4. The summed E-state index contributed by atoms with van der Waals surface area (Å²) in [4.78, 5) is 0. The summed E-state index contributed by atoms with van der Waals surface area (Å²) < 4.78 is 21.3. The number of benzene rings is 2. The molecular weight excluding hydrogens is 308 g/mol. The lowest BCUT2D eigenvalue weighted by molar-refractivity contribution is 0.378. The highest BCUT2D eigenvalue weighted by Crippen LogP contribution is 2.37. The second kappa shape index (κ2) is 7.90. The maximum absolute atomic E-state index is 6.40. The van der Waals surface area contributed by atoms with Crippen LogP contribution in [0.5, 0.6) is 23.0 Å². The van der Waals surface area contributed by atoms with Gasteiger partial charge < -0.3 is 30.4 Å². The van der Waals surface area contributed by atoms with E-state index >= 15 is 0 Å². The fraction of sp³-hybridized carbons (Fsp3) is 0.333. The van der Waals surface area contributed by atoms with Gasteiger partial charge in [0.2, 0.25) is 0 Å². The first kappa shape index (κ1) is 17.9. The van der Waals surface area contributed by atoms with Crippen molar-refractivity contribution in [2.75, 3.05) is 28.4 Å². The minimum Gasteiger partial charge on any atom is -0.497 e. The molecule has 0 saturated carbocycles. The Balaban J connectivity index is 2.37. The number of hydrogen-bond donors (Lipinski definition) is 2. The summed E-state index contributed by atoms with van der Waals surface area (Å²) in [7, 11) is 6.37. The van der Waals surface area contributed by atoms with Crippen molar-refractivity contribution in [2.45, 2.75) is 12.1 Å². The van der Waals surface area contributed by atoms with E-state index in [2.05, 4.69) is 0 Å². The fourth-order valence-electron chi connectivity index (χ4n) is 2.57. The Morgan fingerprint density at radius 1 is 0.625 bits per heavy atom. The molecule has 2 rings (SSSR count). The largest absolute Gasteiger partial charge is 0.497 e. The van der Waals surface area contributed by atoms with E-state index < -0.39 is 12.1 Å². The molecule has 0 aliphatic heterocycles. The molecule has 0 amide bonds. The van der Waals surface area contributed by atoms with E-state index in [9.17, 15) is 0 Å². The molecule has 0 fully saturated rings. The van der Waals surface area contributed by atoms with Crippen LogP contribution in [-0.2, 0) is 0 Å². The van der Waals surface area contributed by atoms with Crippen LogP contribution in [0.1, 0.15) is 23.2 Å². The van der Waals surface area contributed by atoms with E-state index in [1.807, 2.05) is 24.3 Å². The van der Waals surface area contributed by atoms with Gasteiger partial charge in [-0.15, -0.1) is 0 Å². The Bertz CT molecular complexity index is 631. The number of methoxy groups -OCH3 is 4. The average Bonchev–Trinajstić information content (AvgIpc) is 2.65. The lowest BCUT2D eigenvalue weighted by Gasteiger charge is -2.24. The van der Waals surface area contributed by atoms with Crippen molar-refractivity contribution < 1.29 is 18.9 Å². The summed E-state index contributed by atoms with van der Waals surface area (Å²) >= 11 is 0. The number of nitrogens with two attached hydrogens (primary N) is 2. The van der Waals surface area contributed by atoms with Crippen molar-refractivity contribution in [2.24, 2.45) is 11.5 Å². The Hall–Kier alpha value is -2.44. The molecule has 6 heteroatoms. The highest BCUT2D eigenvalue weighted by atomic mass is 16.5. The smallest absolute Gasteiger partial charge is 0.127 e. The van der Waals surface area contributed by atoms with Crippen molar-refractivity contribution >= 4 is 0 Å². The third kappa shape index (κ3) is 3.55. The summed E-state index contributed by atoms with van der Waals surface area (Å²) in [6, 6.07) is 9.99. The molecule has 0 heterocycles. The SMILES string of the molecule is COc1ccc(C(N)C(N)c2ccc(OC)cc2OC)c(OC)c1. The molecule has 2 atom stereocenters. The first-order valence-electron chi connectivity index (χ1n) is 7.50. The average molecular weight is 332 g/mol. The second-order valence-electron chi connectivity index (χ2n) is 5.27. The van der Waals surface area contributed by atoms with Crippen molar-refractivity contribution in [1.29, 1.82) is 0 Å². The van der Waals surface area contributed by atoms with Gasteiger partial charge in [-0.3, -0.25) is 0 Å². The van der Waals surface area contributed by atoms with Crippen LogP contribution >= 0.6 is 0 Å². The molecule has 0 aliphatic rings. The molecule has 0 spiro atoms. The quantitative estimate of drug-likeness (QED) is 0.809. The first-order chi connectivity index (χ1) is 11.5. The molecule has 6 nitrogen and oxygen atoms in total. The van der Waals surface area contributed by atoms with Gasteiger partial charge in [0.25, 0.3) is 0 Å². The second-order valence-corrected chi connectivity index (χ2v) is 5.27. The normalized spacial score (nSPS) is 13.1. The van der Waals surface area contributed by atoms with Gasteiger partial charge in [-0.25, -0.2) is 0 Å². The highest BCUT2D eigenvalue weighted by Gasteiger charge is 2.24. The van der Waals surface area contributed by atoms with Gasteiger partial charge in [0.15, 0.2) is 0 Å². The fourth-order valence-corrected chi connectivity index (χ4v) is 2.57. The van der Waals surface area contributed by atoms with Crippen LogP contribution < -0.4 is 30.4 Å². The number of ether oxygens (including phenoxy) is 4. The van der Waals surface area contributed by atoms with Gasteiger partial charge in [0, 0.05) is 23.3 Å². The summed E-state index contributed by atoms with van der Waals surface area (Å²) in [6.45, 7) is 0. The molecule has 2 unspecified atom stereocenters. The summed E-state index contributed by atoms with van der Waals surface area (Å²) in [5, 5.41) is 0. The van der Waals surface area contributed by atoms with E-state index in [0.29, 0.717) is 23.0 Å². The number of rotatable bonds is 7. The third-order valence-corrected chi connectivity index (χ3v) is 3.99. The Morgan fingerprint density at radius 3 is 1.29 bits per heavy atom. The van der Waals surface area contributed by atoms with Crippen molar-refractivity contribution in [3.63, 3.8) is 0 Å².